The molecule has 0 saturated carbocycles. The van der Waals surface area contributed by atoms with Crippen LogP contribution >= 0.6 is 12.6 Å². The molecule has 0 aliphatic rings. The molecule has 1 unspecified atom stereocenters. The van der Waals surface area contributed by atoms with Gasteiger partial charge in [0.15, 0.2) is 0 Å². The maximum absolute atomic E-state index is 9.02. The van der Waals surface area contributed by atoms with Crippen molar-refractivity contribution in [2.24, 2.45) is 0 Å². The molecule has 2 nitrogen and oxygen atoms in total. The van der Waals surface area contributed by atoms with E-state index in [4.69, 9.17) is 9.84 Å². The minimum atomic E-state index is -0.432. The Morgan fingerprint density at radius 2 is 1.86 bits per heavy atom. The smallest absolute Gasteiger partial charge is 0.119 e. The third-order valence-corrected chi connectivity index (χ3v) is 2.15. The molecule has 1 aromatic rings. The molecule has 1 rings (SSSR count). The molecule has 0 saturated heterocycles. The van der Waals surface area contributed by atoms with Gasteiger partial charge >= 0.3 is 0 Å². The number of aliphatic hydroxyl groups is 1. The van der Waals surface area contributed by atoms with Crippen LogP contribution < -0.4 is 4.74 Å². The molecule has 3 heteroatoms. The zero-order valence-corrected chi connectivity index (χ0v) is 9.37. The Labute approximate surface area is 90.3 Å². The Kier molecular flexibility index (Phi) is 4.29. The van der Waals surface area contributed by atoms with Crippen molar-refractivity contribution in [3.63, 3.8) is 0 Å². The highest BCUT2D eigenvalue weighted by molar-refractivity contribution is 7.80. The molecule has 0 radical (unpaired) electrons. The van der Waals surface area contributed by atoms with Gasteiger partial charge in [-0.25, -0.2) is 0 Å². The minimum absolute atomic E-state index is 0.237. The minimum Gasteiger partial charge on any atom is -0.491 e. The van der Waals surface area contributed by atoms with Crippen molar-refractivity contribution in [2.45, 2.75) is 25.2 Å². The van der Waals surface area contributed by atoms with Crippen LogP contribution in [0.3, 0.4) is 0 Å². The van der Waals surface area contributed by atoms with Crippen molar-refractivity contribution >= 4 is 12.6 Å². The lowest BCUT2D eigenvalue weighted by atomic mass is 10.1. The number of ether oxygens (including phenoxy) is 1. The molecule has 0 aromatic heterocycles. The van der Waals surface area contributed by atoms with E-state index in [-0.39, 0.29) is 5.25 Å². The molecule has 0 amide bonds. The van der Waals surface area contributed by atoms with Gasteiger partial charge in [-0.1, -0.05) is 12.1 Å². The van der Waals surface area contributed by atoms with E-state index in [0.717, 1.165) is 11.3 Å². The van der Waals surface area contributed by atoms with Crippen LogP contribution in [0.1, 0.15) is 24.7 Å². The number of thiol groups is 1. The summed E-state index contributed by atoms with van der Waals surface area (Å²) in [6.45, 7) is 4.05. The van der Waals surface area contributed by atoms with Crippen molar-refractivity contribution in [3.8, 4) is 5.75 Å². The average molecular weight is 212 g/mol. The molecular weight excluding hydrogens is 196 g/mol. The molecular formula is C11H16O2S. The van der Waals surface area contributed by atoms with Crippen molar-refractivity contribution in [1.29, 1.82) is 0 Å². The summed E-state index contributed by atoms with van der Waals surface area (Å²) in [7, 11) is 0. The number of aliphatic hydroxyl groups excluding tert-OH is 1. The predicted octanol–water partition coefficient (Wildman–Crippen LogP) is 2.44. The average Bonchev–Trinajstić information content (AvgIpc) is 2.15. The van der Waals surface area contributed by atoms with Crippen molar-refractivity contribution in [1.82, 2.24) is 0 Å². The third-order valence-electron chi connectivity index (χ3n) is 1.85. The van der Waals surface area contributed by atoms with E-state index < -0.39 is 6.10 Å². The standard InChI is InChI=1S/C11H16O2S/c1-8(12)7-13-11-5-3-10(4-6-11)9(2)14/h3-6,8-9,12,14H,7H2,1-2H3/t8-,9?/m1/s1. The molecule has 2 atom stereocenters. The van der Waals surface area contributed by atoms with Gasteiger partial charge in [-0.3, -0.25) is 0 Å². The van der Waals surface area contributed by atoms with Crippen LogP contribution in [0.5, 0.6) is 5.75 Å². The van der Waals surface area contributed by atoms with Gasteiger partial charge in [-0.15, -0.1) is 0 Å². The number of rotatable bonds is 4. The van der Waals surface area contributed by atoms with Gasteiger partial charge in [-0.2, -0.15) is 12.6 Å². The van der Waals surface area contributed by atoms with Crippen LogP contribution in [0, 0.1) is 0 Å². The summed E-state index contributed by atoms with van der Waals surface area (Å²) in [4.78, 5) is 0. The summed E-state index contributed by atoms with van der Waals surface area (Å²) < 4.78 is 5.33. The lowest BCUT2D eigenvalue weighted by molar-refractivity contribution is 0.122. The molecule has 78 valence electrons. The van der Waals surface area contributed by atoms with E-state index in [1.54, 1.807) is 6.92 Å². The van der Waals surface area contributed by atoms with Crippen LogP contribution in [0.4, 0.5) is 0 Å². The second-order valence-electron chi connectivity index (χ2n) is 3.41. The van der Waals surface area contributed by atoms with E-state index in [1.165, 1.54) is 0 Å². The summed E-state index contributed by atoms with van der Waals surface area (Å²) in [6.07, 6.45) is -0.432. The first-order valence-electron chi connectivity index (χ1n) is 4.68. The van der Waals surface area contributed by atoms with Crippen molar-refractivity contribution in [2.75, 3.05) is 6.61 Å². The molecule has 1 N–H and O–H groups in total. The fourth-order valence-electron chi connectivity index (χ4n) is 1.06. The zero-order chi connectivity index (χ0) is 10.6. The van der Waals surface area contributed by atoms with E-state index in [2.05, 4.69) is 12.6 Å². The maximum Gasteiger partial charge on any atom is 0.119 e. The number of benzene rings is 1. The summed E-state index contributed by atoms with van der Waals surface area (Å²) in [6, 6.07) is 7.75. The molecule has 0 fully saturated rings. The Morgan fingerprint density at radius 3 is 2.29 bits per heavy atom. The Hall–Kier alpha value is -0.670. The largest absolute Gasteiger partial charge is 0.491 e. The summed E-state index contributed by atoms with van der Waals surface area (Å²) in [5, 5.41) is 9.26. The summed E-state index contributed by atoms with van der Waals surface area (Å²) in [5.41, 5.74) is 1.16. The van der Waals surface area contributed by atoms with Crippen LogP contribution in [-0.2, 0) is 0 Å². The second kappa shape index (κ2) is 5.27. The van der Waals surface area contributed by atoms with E-state index >= 15 is 0 Å². The van der Waals surface area contributed by atoms with Gasteiger partial charge in [0.25, 0.3) is 0 Å². The highest BCUT2D eigenvalue weighted by Gasteiger charge is 2.01. The van der Waals surface area contributed by atoms with Gasteiger partial charge in [0, 0.05) is 5.25 Å². The first-order valence-corrected chi connectivity index (χ1v) is 5.20. The highest BCUT2D eigenvalue weighted by Crippen LogP contribution is 2.21. The first-order chi connectivity index (χ1) is 6.59. The maximum atomic E-state index is 9.02. The Morgan fingerprint density at radius 1 is 1.29 bits per heavy atom. The molecule has 0 aliphatic heterocycles. The lowest BCUT2D eigenvalue weighted by Gasteiger charge is -2.09. The fourth-order valence-corrected chi connectivity index (χ4v) is 1.23. The molecule has 1 aromatic carbocycles. The first kappa shape index (κ1) is 11.4. The lowest BCUT2D eigenvalue weighted by Crippen LogP contribution is -2.12. The van der Waals surface area contributed by atoms with Gasteiger partial charge in [-0.05, 0) is 31.5 Å². The number of hydrogen-bond donors (Lipinski definition) is 2. The quantitative estimate of drug-likeness (QED) is 0.751. The molecule has 0 aliphatic carbocycles. The third kappa shape index (κ3) is 3.60. The highest BCUT2D eigenvalue weighted by atomic mass is 32.1. The van der Waals surface area contributed by atoms with Gasteiger partial charge in [0.2, 0.25) is 0 Å². The van der Waals surface area contributed by atoms with Crippen LogP contribution in [0.25, 0.3) is 0 Å². The topological polar surface area (TPSA) is 29.5 Å². The predicted molar refractivity (Wildman–Crippen MR) is 61.0 cm³/mol. The van der Waals surface area contributed by atoms with Crippen LogP contribution in [0.15, 0.2) is 24.3 Å². The van der Waals surface area contributed by atoms with Crippen LogP contribution in [-0.4, -0.2) is 17.8 Å². The van der Waals surface area contributed by atoms with Gasteiger partial charge < -0.3 is 9.84 Å². The van der Waals surface area contributed by atoms with Gasteiger partial charge in [0.05, 0.1) is 6.10 Å². The second-order valence-corrected chi connectivity index (χ2v) is 4.18. The molecule has 14 heavy (non-hydrogen) atoms. The zero-order valence-electron chi connectivity index (χ0n) is 8.47. The normalized spacial score (nSPS) is 14.9. The van der Waals surface area contributed by atoms with Crippen molar-refractivity contribution < 1.29 is 9.84 Å². The molecule has 0 heterocycles. The Balaban J connectivity index is 2.55. The fraction of sp³-hybridized carbons (Fsp3) is 0.455. The molecule has 0 bridgehead atoms. The summed E-state index contributed by atoms with van der Waals surface area (Å²) >= 11 is 4.33. The van der Waals surface area contributed by atoms with E-state index in [9.17, 15) is 0 Å². The van der Waals surface area contributed by atoms with Gasteiger partial charge in [0.1, 0.15) is 12.4 Å². The molecule has 0 spiro atoms. The van der Waals surface area contributed by atoms with Crippen molar-refractivity contribution in [3.05, 3.63) is 29.8 Å². The number of hydrogen-bond acceptors (Lipinski definition) is 3. The van der Waals surface area contributed by atoms with E-state index in [0.29, 0.717) is 6.61 Å². The van der Waals surface area contributed by atoms with Crippen LogP contribution in [0.2, 0.25) is 0 Å². The monoisotopic (exact) mass is 212 g/mol. The Bertz CT molecular complexity index is 267. The SMILES string of the molecule is CC(S)c1ccc(OC[C@@H](C)O)cc1. The van der Waals surface area contributed by atoms with E-state index in [1.807, 2.05) is 31.2 Å². The summed E-state index contributed by atoms with van der Waals surface area (Å²) in [5.74, 6) is 0.781.